The van der Waals surface area contributed by atoms with Crippen LogP contribution in [0.2, 0.25) is 0 Å². The number of alkyl carbamates (subject to hydrolysis) is 1. The van der Waals surface area contributed by atoms with Crippen LogP contribution in [0.4, 0.5) is 23.7 Å². The quantitative estimate of drug-likeness (QED) is 0.854. The van der Waals surface area contributed by atoms with Gasteiger partial charge in [-0.25, -0.2) is 18.0 Å². The number of rotatable bonds is 3. The largest absolute Gasteiger partial charge is 0.492 e. The molecule has 0 bridgehead atoms. The summed E-state index contributed by atoms with van der Waals surface area (Å²) in [6.07, 6.45) is -0.275. The molecule has 2 amide bonds. The molecule has 1 aliphatic heterocycles. The van der Waals surface area contributed by atoms with Crippen molar-refractivity contribution < 1.29 is 32.2 Å². The standard InChI is InChI=1S/C18H15F3N2O4/c1-26-18(25)23-14-6-7-27-16-10(14)3-5-12(20)15(16)17(24)22-9-2-4-11(19)13(21)8-9/h2-5,8,14H,6-7H2,1H3,(H,22,24)(H,23,25)/t14-/m0/s1. The minimum absolute atomic E-state index is 0.0252. The zero-order valence-electron chi connectivity index (χ0n) is 14.1. The smallest absolute Gasteiger partial charge is 0.407 e. The number of anilines is 1. The Morgan fingerprint density at radius 2 is 1.85 bits per heavy atom. The van der Waals surface area contributed by atoms with Crippen molar-refractivity contribution in [1.82, 2.24) is 5.32 Å². The fourth-order valence-electron chi connectivity index (χ4n) is 2.77. The lowest BCUT2D eigenvalue weighted by Crippen LogP contribution is -2.33. The third kappa shape index (κ3) is 3.81. The van der Waals surface area contributed by atoms with Gasteiger partial charge in [0.1, 0.15) is 17.1 Å². The highest BCUT2D eigenvalue weighted by molar-refractivity contribution is 6.06. The number of amides is 2. The molecular formula is C18H15F3N2O4. The first-order valence-electron chi connectivity index (χ1n) is 7.96. The summed E-state index contributed by atoms with van der Waals surface area (Å²) in [4.78, 5) is 24.0. The monoisotopic (exact) mass is 380 g/mol. The molecule has 2 aromatic carbocycles. The second-order valence-electron chi connectivity index (χ2n) is 5.75. The lowest BCUT2D eigenvalue weighted by molar-refractivity contribution is 0.101. The normalized spacial score (nSPS) is 15.3. The molecule has 0 unspecified atom stereocenters. The maximum absolute atomic E-state index is 14.3. The minimum atomic E-state index is -1.15. The van der Waals surface area contributed by atoms with Crippen molar-refractivity contribution in [3.8, 4) is 5.75 Å². The van der Waals surface area contributed by atoms with E-state index in [1.165, 1.54) is 13.2 Å². The number of carbonyl (C=O) groups is 2. The second kappa shape index (κ2) is 7.56. The van der Waals surface area contributed by atoms with Gasteiger partial charge in [0.15, 0.2) is 11.6 Å². The topological polar surface area (TPSA) is 76.7 Å². The summed E-state index contributed by atoms with van der Waals surface area (Å²) in [5.41, 5.74) is -0.0342. The van der Waals surface area contributed by atoms with Crippen molar-refractivity contribution in [1.29, 1.82) is 0 Å². The van der Waals surface area contributed by atoms with Crippen LogP contribution >= 0.6 is 0 Å². The molecule has 1 aliphatic rings. The van der Waals surface area contributed by atoms with Gasteiger partial charge < -0.3 is 20.1 Å². The Balaban J connectivity index is 1.93. The fourth-order valence-corrected chi connectivity index (χ4v) is 2.77. The first-order valence-corrected chi connectivity index (χ1v) is 7.96. The van der Waals surface area contributed by atoms with E-state index < -0.39 is 41.1 Å². The van der Waals surface area contributed by atoms with Gasteiger partial charge in [0.2, 0.25) is 0 Å². The van der Waals surface area contributed by atoms with Crippen LogP contribution in [0.5, 0.6) is 5.75 Å². The van der Waals surface area contributed by atoms with E-state index >= 15 is 0 Å². The molecule has 1 atom stereocenters. The van der Waals surface area contributed by atoms with Crippen LogP contribution in [0.1, 0.15) is 28.4 Å². The van der Waals surface area contributed by atoms with Crippen molar-refractivity contribution >= 4 is 17.7 Å². The van der Waals surface area contributed by atoms with Crippen LogP contribution < -0.4 is 15.4 Å². The number of carbonyl (C=O) groups excluding carboxylic acids is 2. The van der Waals surface area contributed by atoms with Crippen LogP contribution in [0, 0.1) is 17.5 Å². The van der Waals surface area contributed by atoms with Crippen molar-refractivity contribution in [2.24, 2.45) is 0 Å². The van der Waals surface area contributed by atoms with Gasteiger partial charge in [-0.1, -0.05) is 6.07 Å². The van der Waals surface area contributed by atoms with Crippen LogP contribution in [-0.2, 0) is 4.74 Å². The van der Waals surface area contributed by atoms with Crippen LogP contribution in [0.3, 0.4) is 0 Å². The second-order valence-corrected chi connectivity index (χ2v) is 5.75. The van der Waals surface area contributed by atoms with E-state index in [9.17, 15) is 22.8 Å². The first kappa shape index (κ1) is 18.6. The van der Waals surface area contributed by atoms with Crippen LogP contribution in [-0.4, -0.2) is 25.7 Å². The van der Waals surface area contributed by atoms with E-state index in [4.69, 9.17) is 4.74 Å². The zero-order valence-corrected chi connectivity index (χ0v) is 14.1. The van der Waals surface area contributed by atoms with Gasteiger partial charge in [0.25, 0.3) is 5.91 Å². The van der Waals surface area contributed by atoms with Crippen molar-refractivity contribution in [2.75, 3.05) is 19.0 Å². The van der Waals surface area contributed by atoms with Gasteiger partial charge in [-0.2, -0.15) is 0 Å². The maximum atomic E-state index is 14.3. The molecule has 27 heavy (non-hydrogen) atoms. The molecule has 9 heteroatoms. The van der Waals surface area contributed by atoms with Gasteiger partial charge >= 0.3 is 6.09 Å². The molecule has 1 heterocycles. The number of halogens is 3. The van der Waals surface area contributed by atoms with Crippen molar-refractivity contribution in [3.63, 3.8) is 0 Å². The number of ether oxygens (including phenoxy) is 2. The van der Waals surface area contributed by atoms with Gasteiger partial charge in [0, 0.05) is 23.7 Å². The Morgan fingerprint density at radius 3 is 2.56 bits per heavy atom. The highest BCUT2D eigenvalue weighted by Gasteiger charge is 2.30. The van der Waals surface area contributed by atoms with Crippen LogP contribution in [0.25, 0.3) is 0 Å². The zero-order chi connectivity index (χ0) is 19.6. The highest BCUT2D eigenvalue weighted by atomic mass is 19.2. The average Bonchev–Trinajstić information content (AvgIpc) is 2.64. The average molecular weight is 380 g/mol. The van der Waals surface area contributed by atoms with Crippen molar-refractivity contribution in [3.05, 3.63) is 58.9 Å². The van der Waals surface area contributed by atoms with Gasteiger partial charge in [0.05, 0.1) is 19.8 Å². The Hall–Kier alpha value is -3.23. The molecule has 0 aliphatic carbocycles. The molecule has 0 spiro atoms. The highest BCUT2D eigenvalue weighted by Crippen LogP contribution is 2.36. The van der Waals surface area contributed by atoms with E-state index in [1.807, 2.05) is 0 Å². The number of methoxy groups -OCH3 is 1. The summed E-state index contributed by atoms with van der Waals surface area (Å²) in [7, 11) is 1.21. The maximum Gasteiger partial charge on any atom is 0.407 e. The lowest BCUT2D eigenvalue weighted by Gasteiger charge is -2.27. The van der Waals surface area contributed by atoms with E-state index in [-0.39, 0.29) is 18.0 Å². The number of hydrogen-bond donors (Lipinski definition) is 2. The number of benzene rings is 2. The van der Waals surface area contributed by atoms with E-state index in [2.05, 4.69) is 15.4 Å². The Labute approximate surface area is 152 Å². The molecule has 0 saturated heterocycles. The predicted molar refractivity (Wildman–Crippen MR) is 89.1 cm³/mol. The summed E-state index contributed by atoms with van der Waals surface area (Å²) in [5, 5.41) is 4.89. The molecule has 2 N–H and O–H groups in total. The minimum Gasteiger partial charge on any atom is -0.492 e. The van der Waals surface area contributed by atoms with Gasteiger partial charge in [-0.15, -0.1) is 0 Å². The summed E-state index contributed by atoms with van der Waals surface area (Å²) in [5.74, 6) is -4.00. The molecule has 142 valence electrons. The molecule has 0 radical (unpaired) electrons. The molecule has 6 nitrogen and oxygen atoms in total. The Kier molecular flexibility index (Phi) is 5.20. The predicted octanol–water partition coefficient (Wildman–Crippen LogP) is 3.54. The van der Waals surface area contributed by atoms with Crippen LogP contribution in [0.15, 0.2) is 30.3 Å². The first-order chi connectivity index (χ1) is 12.9. The molecule has 0 saturated carbocycles. The van der Waals surface area contributed by atoms with E-state index in [0.717, 1.165) is 24.3 Å². The summed E-state index contributed by atoms with van der Waals surface area (Å²) in [6.45, 7) is 0.135. The van der Waals surface area contributed by atoms with E-state index in [0.29, 0.717) is 12.0 Å². The van der Waals surface area contributed by atoms with Gasteiger partial charge in [-0.05, 0) is 18.2 Å². The SMILES string of the molecule is COC(=O)N[C@H]1CCOc2c1ccc(F)c2C(=O)Nc1ccc(F)c(F)c1. The molecule has 2 aromatic rings. The molecule has 3 rings (SSSR count). The third-order valence-corrected chi connectivity index (χ3v) is 4.05. The molecule has 0 fully saturated rings. The Morgan fingerprint density at radius 1 is 1.11 bits per heavy atom. The summed E-state index contributed by atoms with van der Waals surface area (Å²) in [6, 6.07) is 4.71. The number of hydrogen-bond acceptors (Lipinski definition) is 4. The third-order valence-electron chi connectivity index (χ3n) is 4.05. The molecular weight excluding hydrogens is 365 g/mol. The van der Waals surface area contributed by atoms with E-state index in [1.54, 1.807) is 0 Å². The number of fused-ring (bicyclic) bond motifs is 1. The Bertz CT molecular complexity index is 904. The number of nitrogens with one attached hydrogen (secondary N) is 2. The fraction of sp³-hybridized carbons (Fsp3) is 0.222. The lowest BCUT2D eigenvalue weighted by atomic mass is 9.97. The summed E-state index contributed by atoms with van der Waals surface area (Å²) >= 11 is 0. The van der Waals surface area contributed by atoms with Crippen molar-refractivity contribution in [2.45, 2.75) is 12.5 Å². The van der Waals surface area contributed by atoms with Gasteiger partial charge in [-0.3, -0.25) is 4.79 Å². The molecule has 0 aromatic heterocycles. The summed E-state index contributed by atoms with van der Waals surface area (Å²) < 4.78 is 50.7.